The average molecular weight is 267 g/mol. The molecular weight excluding hydrogens is 234 g/mol. The minimum absolute atomic E-state index is 1.00. The minimum atomic E-state index is 1.00. The molecule has 0 heterocycles. The summed E-state index contributed by atoms with van der Waals surface area (Å²) in [5, 5.41) is 9.75. The number of aliphatic imine (C=N–C) groups is 1. The van der Waals surface area contributed by atoms with E-state index >= 15 is 0 Å². The Hall–Kier alpha value is -0.540. The lowest BCUT2D eigenvalue weighted by atomic mass is 10.5. The molecule has 0 aromatic heterocycles. The zero-order chi connectivity index (χ0) is 15.7. The molecule has 0 radical (unpaired) electrons. The van der Waals surface area contributed by atoms with Crippen molar-refractivity contribution in [3.8, 4) is 12.3 Å². The molecule has 0 aromatic rings. The van der Waals surface area contributed by atoms with Gasteiger partial charge in [-0.05, 0) is 48.2 Å². The van der Waals surface area contributed by atoms with Crippen LogP contribution < -0.4 is 11.1 Å². The van der Waals surface area contributed by atoms with E-state index in [9.17, 15) is 0 Å². The summed E-state index contributed by atoms with van der Waals surface area (Å²) in [5.74, 6) is 2.25. The van der Waals surface area contributed by atoms with Gasteiger partial charge in [-0.1, -0.05) is 0 Å². The van der Waals surface area contributed by atoms with Gasteiger partial charge in [-0.15, -0.1) is 12.3 Å². The maximum atomic E-state index is 7.00. The number of aliphatic hydroxyl groups excluding tert-OH is 1. The highest BCUT2D eigenvalue weighted by Gasteiger charge is 1.62. The fraction of sp³-hybridized carbons (Fsp3) is 0.750. The third kappa shape index (κ3) is 1310. The van der Waals surface area contributed by atoms with Crippen molar-refractivity contribution in [3.63, 3.8) is 0 Å². The van der Waals surface area contributed by atoms with Crippen molar-refractivity contribution in [1.29, 1.82) is 0 Å². The molecule has 0 saturated carbocycles. The molecule has 4 nitrogen and oxygen atoms in total. The molecule has 0 atom stereocenters. The molecule has 108 valence electrons. The summed E-state index contributed by atoms with van der Waals surface area (Å²) in [5.41, 5.74) is 5.63. The van der Waals surface area contributed by atoms with E-state index in [1.165, 1.54) is 7.05 Å². The first-order chi connectivity index (χ1) is 8.10. The highest BCUT2D eigenvalue weighted by molar-refractivity contribution is 7.79. The van der Waals surface area contributed by atoms with Gasteiger partial charge in [-0.2, -0.15) is 12.6 Å². The van der Waals surface area contributed by atoms with Crippen LogP contribution in [0.4, 0.5) is 0 Å². The summed E-state index contributed by atoms with van der Waals surface area (Å²) in [4.78, 5) is 3.81. The number of terminal acetylenes is 1. The zero-order valence-corrected chi connectivity index (χ0v) is 13.9. The van der Waals surface area contributed by atoms with Gasteiger partial charge < -0.3 is 16.2 Å². The minimum Gasteiger partial charge on any atom is -0.400 e. The van der Waals surface area contributed by atoms with Crippen LogP contribution in [0.1, 0.15) is 20.8 Å². The molecule has 0 amide bonds. The molecule has 0 aromatic carbocycles. The fourth-order valence-electron chi connectivity index (χ4n) is 0. The first kappa shape index (κ1) is 36.0. The van der Waals surface area contributed by atoms with E-state index in [0.29, 0.717) is 0 Å². The Balaban J connectivity index is -0.0000000225. The van der Waals surface area contributed by atoms with Crippen molar-refractivity contribution in [2.75, 3.05) is 41.6 Å². The maximum Gasteiger partial charge on any atom is 0.0319 e. The van der Waals surface area contributed by atoms with Gasteiger partial charge in [0.25, 0.3) is 0 Å². The van der Waals surface area contributed by atoms with Crippen LogP contribution in [0, 0.1) is 12.3 Å². The Labute approximate surface area is 115 Å². The third-order valence-electron chi connectivity index (χ3n) is 0.447. The van der Waals surface area contributed by atoms with E-state index in [4.69, 9.17) is 5.11 Å². The van der Waals surface area contributed by atoms with Crippen LogP contribution in [0.3, 0.4) is 0 Å². The Morgan fingerprint density at radius 2 is 1.29 bits per heavy atom. The van der Waals surface area contributed by atoms with E-state index in [1.807, 2.05) is 27.9 Å². The predicted octanol–water partition coefficient (Wildman–Crippen LogP) is 1.30. The van der Waals surface area contributed by atoms with Gasteiger partial charge in [0, 0.05) is 19.9 Å². The lowest BCUT2D eigenvalue weighted by Crippen LogP contribution is -1.89. The van der Waals surface area contributed by atoms with Crippen molar-refractivity contribution >= 4 is 18.3 Å². The highest BCUT2D eigenvalue weighted by Crippen LogP contribution is 1.63. The van der Waals surface area contributed by atoms with E-state index in [2.05, 4.69) is 41.0 Å². The normalized spacial score (nSPS) is 4.65. The summed E-state index contributed by atoms with van der Waals surface area (Å²) in [7, 11) is 8.04. The first-order valence-electron chi connectivity index (χ1n) is 4.93. The van der Waals surface area contributed by atoms with Crippen LogP contribution in [-0.4, -0.2) is 52.4 Å². The molecule has 0 unspecified atom stereocenters. The largest absolute Gasteiger partial charge is 0.400 e. The van der Waals surface area contributed by atoms with Gasteiger partial charge in [0.1, 0.15) is 0 Å². The quantitative estimate of drug-likeness (QED) is 0.304. The number of aliphatic hydroxyl groups is 1. The molecular formula is C12H33N3OS. The van der Waals surface area contributed by atoms with Gasteiger partial charge in [-0.3, -0.25) is 4.99 Å². The molecule has 0 spiro atoms. The van der Waals surface area contributed by atoms with E-state index in [0.717, 1.165) is 12.8 Å². The molecule has 0 aliphatic carbocycles. The molecule has 17 heavy (non-hydrogen) atoms. The lowest BCUT2D eigenvalue weighted by Gasteiger charge is -1.74. The Morgan fingerprint density at radius 3 is 1.29 bits per heavy atom. The van der Waals surface area contributed by atoms with Gasteiger partial charge >= 0.3 is 0 Å². The van der Waals surface area contributed by atoms with Crippen LogP contribution in [0.25, 0.3) is 0 Å². The second-order valence-corrected chi connectivity index (χ2v) is 1.96. The molecule has 0 aliphatic rings. The maximum absolute atomic E-state index is 7.00. The second-order valence-electron chi connectivity index (χ2n) is 1.96. The van der Waals surface area contributed by atoms with Crippen molar-refractivity contribution in [2.45, 2.75) is 20.8 Å². The van der Waals surface area contributed by atoms with E-state index < -0.39 is 0 Å². The van der Waals surface area contributed by atoms with E-state index in [-0.39, 0.29) is 0 Å². The first-order valence-corrected chi connectivity index (χ1v) is 5.83. The number of rotatable bonds is 0. The number of nitrogens with two attached hydrogens (primary N) is 1. The highest BCUT2D eigenvalue weighted by atomic mass is 32.1. The molecule has 0 saturated heterocycles. The Kier molecular flexibility index (Phi) is 229. The zero-order valence-electron chi connectivity index (χ0n) is 13.0. The summed E-state index contributed by atoms with van der Waals surface area (Å²) >= 11 is 3.53. The molecule has 0 fully saturated rings. The SMILES string of the molecule is C#CC.CN.CN=C(C)C.CNC.CO.CS. The summed E-state index contributed by atoms with van der Waals surface area (Å²) < 4.78 is 0. The summed E-state index contributed by atoms with van der Waals surface area (Å²) in [6.45, 7) is 5.60. The standard InChI is InChI=1S/C4H9N.C3H4.C2H7N.CH5N.CH4O.CH4S/c1-4(2)5-3;2*1-3-2;3*1-2/h1-3H3;1H,2H3;3H,1-2H3;2H2,1H3;2*2H,1H3. The average Bonchev–Trinajstić information content (AvgIpc) is 2.38. The Bertz CT molecular complexity index is 119. The van der Waals surface area contributed by atoms with Crippen molar-refractivity contribution in [3.05, 3.63) is 0 Å². The molecule has 4 N–H and O–H groups in total. The third-order valence-corrected chi connectivity index (χ3v) is 0.447. The number of hydrogen-bond donors (Lipinski definition) is 4. The second kappa shape index (κ2) is 108. The molecule has 0 aliphatic heterocycles. The van der Waals surface area contributed by atoms with Crippen LogP contribution >= 0.6 is 12.6 Å². The van der Waals surface area contributed by atoms with Crippen molar-refractivity contribution in [1.82, 2.24) is 5.32 Å². The number of thiol groups is 1. The molecule has 5 heteroatoms. The van der Waals surface area contributed by atoms with Crippen LogP contribution in [0.2, 0.25) is 0 Å². The number of nitrogens with zero attached hydrogens (tertiary/aromatic N) is 1. The van der Waals surface area contributed by atoms with Crippen LogP contribution in [-0.2, 0) is 0 Å². The van der Waals surface area contributed by atoms with Gasteiger partial charge in [0.15, 0.2) is 0 Å². The summed E-state index contributed by atoms with van der Waals surface area (Å²) in [6.07, 6.45) is 6.29. The predicted molar refractivity (Wildman–Crippen MR) is 87.4 cm³/mol. The number of hydrogen-bond acceptors (Lipinski definition) is 5. The smallest absolute Gasteiger partial charge is 0.0319 e. The monoisotopic (exact) mass is 267 g/mol. The van der Waals surface area contributed by atoms with Crippen molar-refractivity contribution < 1.29 is 5.11 Å². The lowest BCUT2D eigenvalue weighted by molar-refractivity contribution is 0.399. The van der Waals surface area contributed by atoms with Crippen LogP contribution in [0.5, 0.6) is 0 Å². The Morgan fingerprint density at radius 1 is 1.24 bits per heavy atom. The molecule has 0 bridgehead atoms. The van der Waals surface area contributed by atoms with Crippen LogP contribution in [0.15, 0.2) is 4.99 Å². The number of nitrogens with one attached hydrogen (secondary N) is 1. The fourth-order valence-corrected chi connectivity index (χ4v) is 0. The summed E-state index contributed by atoms with van der Waals surface area (Å²) in [6, 6.07) is 0. The van der Waals surface area contributed by atoms with Gasteiger partial charge in [-0.25, -0.2) is 0 Å². The molecule has 0 rings (SSSR count). The van der Waals surface area contributed by atoms with Crippen molar-refractivity contribution in [2.24, 2.45) is 10.7 Å². The van der Waals surface area contributed by atoms with E-state index in [1.54, 1.807) is 20.2 Å². The van der Waals surface area contributed by atoms with Gasteiger partial charge in [0.05, 0.1) is 0 Å². The topological polar surface area (TPSA) is 70.6 Å². The van der Waals surface area contributed by atoms with Gasteiger partial charge in [0.2, 0.25) is 0 Å².